The van der Waals surface area contributed by atoms with Crippen LogP contribution in [0.4, 0.5) is 18.9 Å². The fraction of sp³-hybridized carbons (Fsp3) is 0.188. The number of nitrogens with zero attached hydrogens (tertiary/aromatic N) is 1. The molecule has 0 aliphatic carbocycles. The Balaban J connectivity index is 0.00000208. The molecule has 2 N–H and O–H groups in total. The molecule has 8 heteroatoms. The van der Waals surface area contributed by atoms with Crippen LogP contribution in [0.2, 0.25) is 0 Å². The Kier molecular flexibility index (Phi) is 5.23. The largest absolute Gasteiger partial charge is 1.00 e. The molecule has 0 spiro atoms. The number of rotatable bonds is 4. The molecule has 1 aromatic heterocycles. The second-order valence-electron chi connectivity index (χ2n) is 4.99. The molecular weight excluding hydrogens is 343 g/mol. The number of aromatic amines is 1. The summed E-state index contributed by atoms with van der Waals surface area (Å²) in [6.45, 7) is 0.470. The summed E-state index contributed by atoms with van der Waals surface area (Å²) >= 11 is 0. The van der Waals surface area contributed by atoms with Gasteiger partial charge in [0, 0.05) is 6.54 Å². The minimum atomic E-state index is -4.49. The molecule has 0 saturated heterocycles. The third-order valence-electron chi connectivity index (χ3n) is 3.42. The first-order chi connectivity index (χ1) is 11.0. The predicted molar refractivity (Wildman–Crippen MR) is 81.4 cm³/mol. The zero-order valence-corrected chi connectivity index (χ0v) is 13.4. The van der Waals surface area contributed by atoms with Gasteiger partial charge < -0.3 is 27.4 Å². The number of imidazole rings is 1. The Hall–Kier alpha value is -2.41. The SMILES string of the molecule is COc1ccc(CNc2cccc3[nH]c(C(F)(F)F)nc23)cc1.[Cl-]. The van der Waals surface area contributed by atoms with E-state index in [2.05, 4.69) is 15.3 Å². The lowest BCUT2D eigenvalue weighted by Gasteiger charge is -2.08. The molecule has 0 radical (unpaired) electrons. The van der Waals surface area contributed by atoms with Crippen molar-refractivity contribution >= 4 is 16.7 Å². The lowest BCUT2D eigenvalue weighted by Crippen LogP contribution is -3.00. The van der Waals surface area contributed by atoms with Crippen LogP contribution in [-0.4, -0.2) is 17.1 Å². The van der Waals surface area contributed by atoms with E-state index in [1.807, 2.05) is 24.3 Å². The fourth-order valence-corrected chi connectivity index (χ4v) is 2.25. The van der Waals surface area contributed by atoms with E-state index >= 15 is 0 Å². The molecule has 128 valence electrons. The lowest BCUT2D eigenvalue weighted by atomic mass is 10.2. The molecule has 0 unspecified atom stereocenters. The number of benzene rings is 2. The number of para-hydroxylation sites is 1. The van der Waals surface area contributed by atoms with Crippen LogP contribution in [0.5, 0.6) is 5.75 Å². The van der Waals surface area contributed by atoms with E-state index in [1.54, 1.807) is 25.3 Å². The second-order valence-corrected chi connectivity index (χ2v) is 4.99. The van der Waals surface area contributed by atoms with Crippen molar-refractivity contribution in [3.8, 4) is 5.75 Å². The van der Waals surface area contributed by atoms with Crippen LogP contribution in [0.25, 0.3) is 11.0 Å². The van der Waals surface area contributed by atoms with Crippen molar-refractivity contribution < 1.29 is 30.3 Å². The Bertz CT molecular complexity index is 816. The van der Waals surface area contributed by atoms with Crippen LogP contribution < -0.4 is 22.5 Å². The highest BCUT2D eigenvalue weighted by atomic mass is 35.5. The number of hydrogen-bond donors (Lipinski definition) is 2. The van der Waals surface area contributed by atoms with Gasteiger partial charge in [-0.3, -0.25) is 0 Å². The minimum absolute atomic E-state index is 0. The third-order valence-corrected chi connectivity index (χ3v) is 3.42. The van der Waals surface area contributed by atoms with Gasteiger partial charge in [0.15, 0.2) is 0 Å². The summed E-state index contributed by atoms with van der Waals surface area (Å²) in [6.07, 6.45) is -4.49. The number of fused-ring (bicyclic) bond motifs is 1. The Morgan fingerprint density at radius 3 is 2.46 bits per heavy atom. The Labute approximate surface area is 142 Å². The van der Waals surface area contributed by atoms with Crippen LogP contribution in [0, 0.1) is 0 Å². The number of anilines is 1. The second kappa shape index (κ2) is 7.00. The number of alkyl halides is 3. The quantitative estimate of drug-likeness (QED) is 0.739. The van der Waals surface area contributed by atoms with E-state index in [9.17, 15) is 13.2 Å². The summed E-state index contributed by atoms with van der Waals surface area (Å²) in [6, 6.07) is 12.4. The molecule has 0 bridgehead atoms. The summed E-state index contributed by atoms with van der Waals surface area (Å²) in [5.74, 6) is -0.246. The van der Waals surface area contributed by atoms with Gasteiger partial charge in [-0.25, -0.2) is 4.98 Å². The van der Waals surface area contributed by atoms with Crippen molar-refractivity contribution in [2.24, 2.45) is 0 Å². The van der Waals surface area contributed by atoms with Crippen LogP contribution >= 0.6 is 0 Å². The highest BCUT2D eigenvalue weighted by molar-refractivity contribution is 5.88. The topological polar surface area (TPSA) is 49.9 Å². The molecule has 0 fully saturated rings. The number of ether oxygens (including phenoxy) is 1. The molecule has 0 saturated carbocycles. The molecule has 3 rings (SSSR count). The van der Waals surface area contributed by atoms with E-state index in [0.29, 0.717) is 17.7 Å². The third kappa shape index (κ3) is 3.73. The smallest absolute Gasteiger partial charge is 0.449 e. The first kappa shape index (κ1) is 17.9. The summed E-state index contributed by atoms with van der Waals surface area (Å²) in [7, 11) is 1.59. The fourth-order valence-electron chi connectivity index (χ4n) is 2.25. The van der Waals surface area contributed by atoms with Gasteiger partial charge in [0.25, 0.3) is 0 Å². The standard InChI is InChI=1S/C16H14F3N3O.ClH/c1-23-11-7-5-10(6-8-11)9-20-12-3-2-4-13-14(12)22-15(21-13)16(17,18)19;/h2-8,20H,9H2,1H3,(H,21,22);1H/p-1. The van der Waals surface area contributed by atoms with Gasteiger partial charge in [0.1, 0.15) is 11.3 Å². The number of halogens is 4. The monoisotopic (exact) mass is 356 g/mol. The average Bonchev–Trinajstić information content (AvgIpc) is 2.98. The molecule has 1 heterocycles. The van der Waals surface area contributed by atoms with Crippen molar-refractivity contribution in [3.63, 3.8) is 0 Å². The van der Waals surface area contributed by atoms with Gasteiger partial charge >= 0.3 is 6.18 Å². The van der Waals surface area contributed by atoms with Crippen LogP contribution in [0.1, 0.15) is 11.4 Å². The van der Waals surface area contributed by atoms with Gasteiger partial charge in [-0.2, -0.15) is 13.2 Å². The number of aromatic nitrogens is 2. The average molecular weight is 357 g/mol. The number of methoxy groups -OCH3 is 1. The highest BCUT2D eigenvalue weighted by Crippen LogP contribution is 2.31. The number of H-pyrrole nitrogens is 1. The summed E-state index contributed by atoms with van der Waals surface area (Å²) < 4.78 is 43.3. The molecule has 2 aromatic carbocycles. The summed E-state index contributed by atoms with van der Waals surface area (Å²) in [5, 5.41) is 3.12. The molecule has 24 heavy (non-hydrogen) atoms. The first-order valence-corrected chi connectivity index (χ1v) is 6.90. The minimum Gasteiger partial charge on any atom is -1.00 e. The molecule has 3 aromatic rings. The van der Waals surface area contributed by atoms with E-state index in [-0.39, 0.29) is 17.9 Å². The van der Waals surface area contributed by atoms with Crippen molar-refractivity contribution in [3.05, 3.63) is 53.9 Å². The van der Waals surface area contributed by atoms with Crippen LogP contribution in [0.15, 0.2) is 42.5 Å². The van der Waals surface area contributed by atoms with Crippen LogP contribution in [0.3, 0.4) is 0 Å². The van der Waals surface area contributed by atoms with Gasteiger partial charge in [-0.05, 0) is 29.8 Å². The maximum Gasteiger partial charge on any atom is 0.449 e. The maximum atomic E-state index is 12.8. The van der Waals surface area contributed by atoms with Crippen molar-refractivity contribution in [2.45, 2.75) is 12.7 Å². The van der Waals surface area contributed by atoms with E-state index in [4.69, 9.17) is 4.74 Å². The molecule has 0 atom stereocenters. The number of nitrogens with one attached hydrogen (secondary N) is 2. The normalized spacial score (nSPS) is 11.2. The van der Waals surface area contributed by atoms with Crippen molar-refractivity contribution in [2.75, 3.05) is 12.4 Å². The van der Waals surface area contributed by atoms with Gasteiger partial charge in [-0.15, -0.1) is 0 Å². The van der Waals surface area contributed by atoms with E-state index in [1.165, 1.54) is 0 Å². The number of hydrogen-bond acceptors (Lipinski definition) is 3. The molecule has 0 aliphatic heterocycles. The van der Waals surface area contributed by atoms with Crippen LogP contribution in [-0.2, 0) is 12.7 Å². The molecular formula is C16H14ClF3N3O-. The predicted octanol–water partition coefficient (Wildman–Crippen LogP) is 1.21. The summed E-state index contributed by atoms with van der Waals surface area (Å²) in [4.78, 5) is 5.96. The molecule has 0 amide bonds. The molecule has 4 nitrogen and oxygen atoms in total. The Morgan fingerprint density at radius 1 is 1.12 bits per heavy atom. The first-order valence-electron chi connectivity index (χ1n) is 6.90. The summed E-state index contributed by atoms with van der Waals surface area (Å²) in [5.41, 5.74) is 2.14. The Morgan fingerprint density at radius 2 is 1.83 bits per heavy atom. The molecule has 0 aliphatic rings. The van der Waals surface area contributed by atoms with Crippen molar-refractivity contribution in [1.82, 2.24) is 9.97 Å². The lowest BCUT2D eigenvalue weighted by molar-refractivity contribution is -0.144. The van der Waals surface area contributed by atoms with E-state index in [0.717, 1.165) is 11.3 Å². The van der Waals surface area contributed by atoms with Gasteiger partial charge in [0.05, 0.1) is 18.3 Å². The van der Waals surface area contributed by atoms with Crippen molar-refractivity contribution in [1.29, 1.82) is 0 Å². The van der Waals surface area contributed by atoms with Gasteiger partial charge in [0.2, 0.25) is 5.82 Å². The zero-order valence-electron chi connectivity index (χ0n) is 12.6. The van der Waals surface area contributed by atoms with E-state index < -0.39 is 12.0 Å². The highest BCUT2D eigenvalue weighted by Gasteiger charge is 2.35. The zero-order chi connectivity index (χ0) is 16.4. The maximum absolute atomic E-state index is 12.8. The van der Waals surface area contributed by atoms with Gasteiger partial charge in [-0.1, -0.05) is 18.2 Å².